The fourth-order valence-electron chi connectivity index (χ4n) is 2.22. The summed E-state index contributed by atoms with van der Waals surface area (Å²) in [7, 11) is 3.42. The molecule has 2 aromatic rings. The van der Waals surface area contributed by atoms with E-state index in [0.29, 0.717) is 11.3 Å². The Kier molecular flexibility index (Phi) is 5.96. The topological polar surface area (TPSA) is 75.4 Å². The molecule has 25 heavy (non-hydrogen) atoms. The molecule has 0 aliphatic carbocycles. The third-order valence-electron chi connectivity index (χ3n) is 3.66. The number of hydrogen-bond acceptors (Lipinski definition) is 4. The summed E-state index contributed by atoms with van der Waals surface area (Å²) in [4.78, 5) is 25.2. The normalized spacial score (nSPS) is 9.92. The number of carbonyl (C=O) groups excluding carboxylic acids is 2. The van der Waals surface area contributed by atoms with E-state index in [1.165, 1.54) is 4.90 Å². The second-order valence-electron chi connectivity index (χ2n) is 5.83. The maximum Gasteiger partial charge on any atom is 0.253 e. The fraction of sp³-hybridized carbons (Fsp3) is 0.316. The first-order valence-electron chi connectivity index (χ1n) is 7.87. The van der Waals surface area contributed by atoms with E-state index in [0.717, 1.165) is 16.8 Å². The standard InChI is InChI=1S/C19H21N3O3/c1-13-17(14(2)25-21-13)12-18(23)20-11-5-6-15-7-9-16(10-8-15)19(24)22(3)4/h7-10H,11-12H2,1-4H3,(H,20,23). The number of amides is 2. The van der Waals surface area contributed by atoms with E-state index in [-0.39, 0.29) is 24.8 Å². The lowest BCUT2D eigenvalue weighted by molar-refractivity contribution is -0.120. The van der Waals surface area contributed by atoms with Gasteiger partial charge in [0.25, 0.3) is 5.91 Å². The van der Waals surface area contributed by atoms with Gasteiger partial charge in [-0.3, -0.25) is 9.59 Å². The number of carbonyl (C=O) groups is 2. The molecule has 0 spiro atoms. The van der Waals surface area contributed by atoms with Gasteiger partial charge in [0.15, 0.2) is 0 Å². The Morgan fingerprint density at radius 1 is 1.20 bits per heavy atom. The zero-order valence-electron chi connectivity index (χ0n) is 14.8. The van der Waals surface area contributed by atoms with E-state index in [1.807, 2.05) is 6.92 Å². The van der Waals surface area contributed by atoms with Crippen molar-refractivity contribution in [1.29, 1.82) is 0 Å². The van der Waals surface area contributed by atoms with Crippen LogP contribution in [0.4, 0.5) is 0 Å². The molecule has 0 aliphatic rings. The van der Waals surface area contributed by atoms with Crippen LogP contribution in [0.3, 0.4) is 0 Å². The number of aryl methyl sites for hydroxylation is 2. The summed E-state index contributed by atoms with van der Waals surface area (Å²) in [5, 5.41) is 6.57. The average molecular weight is 339 g/mol. The summed E-state index contributed by atoms with van der Waals surface area (Å²) in [5.41, 5.74) is 2.94. The Balaban J connectivity index is 1.86. The summed E-state index contributed by atoms with van der Waals surface area (Å²) in [6.07, 6.45) is 0.226. The molecule has 0 bridgehead atoms. The van der Waals surface area contributed by atoms with Crippen LogP contribution in [0, 0.1) is 25.7 Å². The SMILES string of the molecule is Cc1noc(C)c1CC(=O)NCC#Cc1ccc(C(=O)N(C)C)cc1. The van der Waals surface area contributed by atoms with Crippen molar-refractivity contribution in [2.24, 2.45) is 0 Å². The van der Waals surface area contributed by atoms with Crippen LogP contribution in [-0.4, -0.2) is 42.5 Å². The maximum absolute atomic E-state index is 11.9. The zero-order valence-corrected chi connectivity index (χ0v) is 14.8. The van der Waals surface area contributed by atoms with Gasteiger partial charge in [-0.2, -0.15) is 0 Å². The molecular weight excluding hydrogens is 318 g/mol. The first kappa shape index (κ1) is 18.3. The molecule has 130 valence electrons. The van der Waals surface area contributed by atoms with Crippen LogP contribution in [0.1, 0.15) is 32.9 Å². The molecule has 1 N–H and O–H groups in total. The Morgan fingerprint density at radius 2 is 1.88 bits per heavy atom. The molecule has 0 radical (unpaired) electrons. The minimum Gasteiger partial charge on any atom is -0.361 e. The van der Waals surface area contributed by atoms with Crippen LogP contribution < -0.4 is 5.32 Å². The summed E-state index contributed by atoms with van der Waals surface area (Å²) < 4.78 is 5.04. The molecule has 1 aromatic carbocycles. The molecule has 0 aliphatic heterocycles. The van der Waals surface area contributed by atoms with Crippen LogP contribution in [-0.2, 0) is 11.2 Å². The van der Waals surface area contributed by atoms with Gasteiger partial charge in [0.05, 0.1) is 18.7 Å². The molecule has 1 heterocycles. The Bertz CT molecular complexity index is 804. The van der Waals surface area contributed by atoms with Crippen LogP contribution in [0.25, 0.3) is 0 Å². The van der Waals surface area contributed by atoms with Crippen molar-refractivity contribution in [2.75, 3.05) is 20.6 Å². The molecular formula is C19H21N3O3. The Hall–Kier alpha value is -3.07. The molecule has 0 fully saturated rings. The number of nitrogens with one attached hydrogen (secondary N) is 1. The third kappa shape index (κ3) is 4.95. The first-order chi connectivity index (χ1) is 11.9. The van der Waals surface area contributed by atoms with E-state index in [4.69, 9.17) is 4.52 Å². The highest BCUT2D eigenvalue weighted by atomic mass is 16.5. The number of rotatable bonds is 4. The van der Waals surface area contributed by atoms with Crippen LogP contribution in [0.2, 0.25) is 0 Å². The van der Waals surface area contributed by atoms with Gasteiger partial charge < -0.3 is 14.7 Å². The van der Waals surface area contributed by atoms with Gasteiger partial charge in [0, 0.05) is 30.8 Å². The minimum absolute atomic E-state index is 0.0499. The Labute approximate surface area is 147 Å². The van der Waals surface area contributed by atoms with Crippen molar-refractivity contribution < 1.29 is 14.1 Å². The zero-order chi connectivity index (χ0) is 18.4. The van der Waals surface area contributed by atoms with Crippen molar-refractivity contribution in [3.05, 3.63) is 52.4 Å². The molecule has 0 saturated carbocycles. The summed E-state index contributed by atoms with van der Waals surface area (Å²) in [5.74, 6) is 6.33. The average Bonchev–Trinajstić information content (AvgIpc) is 2.90. The number of nitrogens with zero attached hydrogens (tertiary/aromatic N) is 2. The van der Waals surface area contributed by atoms with E-state index in [9.17, 15) is 9.59 Å². The Morgan fingerprint density at radius 3 is 2.44 bits per heavy atom. The van der Waals surface area contributed by atoms with Gasteiger partial charge in [-0.05, 0) is 38.1 Å². The van der Waals surface area contributed by atoms with Crippen molar-refractivity contribution in [1.82, 2.24) is 15.4 Å². The predicted molar refractivity (Wildman–Crippen MR) is 94.0 cm³/mol. The van der Waals surface area contributed by atoms with Gasteiger partial charge in [-0.15, -0.1) is 0 Å². The summed E-state index contributed by atoms with van der Waals surface area (Å²) >= 11 is 0. The lowest BCUT2D eigenvalue weighted by Crippen LogP contribution is -2.25. The van der Waals surface area contributed by atoms with Crippen LogP contribution >= 0.6 is 0 Å². The van der Waals surface area contributed by atoms with Gasteiger partial charge >= 0.3 is 0 Å². The van der Waals surface area contributed by atoms with Crippen LogP contribution in [0.15, 0.2) is 28.8 Å². The second kappa shape index (κ2) is 8.15. The van der Waals surface area contributed by atoms with E-state index in [2.05, 4.69) is 22.3 Å². The highest BCUT2D eigenvalue weighted by Crippen LogP contribution is 2.12. The quantitative estimate of drug-likeness (QED) is 0.861. The van der Waals surface area contributed by atoms with Crippen LogP contribution in [0.5, 0.6) is 0 Å². The lowest BCUT2D eigenvalue weighted by Gasteiger charge is -2.09. The molecule has 6 heteroatoms. The smallest absolute Gasteiger partial charge is 0.253 e. The van der Waals surface area contributed by atoms with Gasteiger partial charge in [0.1, 0.15) is 5.76 Å². The summed E-state index contributed by atoms with van der Waals surface area (Å²) in [6.45, 7) is 3.84. The lowest BCUT2D eigenvalue weighted by atomic mass is 10.1. The van der Waals surface area contributed by atoms with Gasteiger partial charge in [0.2, 0.25) is 5.91 Å². The third-order valence-corrected chi connectivity index (χ3v) is 3.66. The van der Waals surface area contributed by atoms with Crippen molar-refractivity contribution in [2.45, 2.75) is 20.3 Å². The monoisotopic (exact) mass is 339 g/mol. The van der Waals surface area contributed by atoms with E-state index in [1.54, 1.807) is 45.3 Å². The second-order valence-corrected chi connectivity index (χ2v) is 5.83. The van der Waals surface area contributed by atoms with Gasteiger partial charge in [-0.1, -0.05) is 17.0 Å². The molecule has 1 aromatic heterocycles. The van der Waals surface area contributed by atoms with Crippen molar-refractivity contribution >= 4 is 11.8 Å². The highest BCUT2D eigenvalue weighted by Gasteiger charge is 2.12. The molecule has 2 amide bonds. The first-order valence-corrected chi connectivity index (χ1v) is 7.87. The van der Waals surface area contributed by atoms with Gasteiger partial charge in [-0.25, -0.2) is 0 Å². The van der Waals surface area contributed by atoms with E-state index >= 15 is 0 Å². The number of benzene rings is 1. The van der Waals surface area contributed by atoms with E-state index < -0.39 is 0 Å². The molecule has 0 atom stereocenters. The predicted octanol–water partition coefficient (Wildman–Crippen LogP) is 1.70. The fourth-order valence-corrected chi connectivity index (χ4v) is 2.22. The largest absolute Gasteiger partial charge is 0.361 e. The number of aromatic nitrogens is 1. The van der Waals surface area contributed by atoms with Crippen molar-refractivity contribution in [3.63, 3.8) is 0 Å². The minimum atomic E-state index is -0.129. The molecule has 0 saturated heterocycles. The molecule has 2 rings (SSSR count). The molecule has 6 nitrogen and oxygen atoms in total. The highest BCUT2D eigenvalue weighted by molar-refractivity contribution is 5.93. The summed E-state index contributed by atoms with van der Waals surface area (Å²) in [6, 6.07) is 7.05. The van der Waals surface area contributed by atoms with Crippen molar-refractivity contribution in [3.8, 4) is 11.8 Å². The maximum atomic E-state index is 11.9. The molecule has 0 unspecified atom stereocenters. The number of hydrogen-bond donors (Lipinski definition) is 1.